The largest absolute Gasteiger partial charge is 0.490 e. The first kappa shape index (κ1) is 22.4. The number of anilines is 1. The summed E-state index contributed by atoms with van der Waals surface area (Å²) in [7, 11) is 1.28. The molecule has 0 spiro atoms. The lowest BCUT2D eigenvalue weighted by molar-refractivity contribution is 0.0560. The lowest BCUT2D eigenvalue weighted by Crippen LogP contribution is -2.01. The molecule has 3 aromatic rings. The van der Waals surface area contributed by atoms with Crippen molar-refractivity contribution in [3.8, 4) is 11.5 Å². The van der Waals surface area contributed by atoms with Crippen LogP contribution in [0, 0.1) is 0 Å². The SMILES string of the molecule is CCOc1cc(/C=N\Nc2ccc(C(=O)O)cc2)ccc1OCc1ccc(C(=O)OC)o1. The summed E-state index contributed by atoms with van der Waals surface area (Å²) in [6.45, 7) is 2.42. The van der Waals surface area contributed by atoms with Crippen molar-refractivity contribution in [3.05, 3.63) is 77.2 Å². The third-order valence-corrected chi connectivity index (χ3v) is 4.22. The van der Waals surface area contributed by atoms with Crippen molar-refractivity contribution in [2.24, 2.45) is 5.10 Å². The first-order valence-corrected chi connectivity index (χ1v) is 9.69. The number of rotatable bonds is 10. The van der Waals surface area contributed by atoms with Crippen LogP contribution in [0.4, 0.5) is 5.69 Å². The van der Waals surface area contributed by atoms with Gasteiger partial charge in [0.2, 0.25) is 5.76 Å². The number of esters is 1. The normalized spacial score (nSPS) is 10.7. The van der Waals surface area contributed by atoms with Crippen LogP contribution in [0.2, 0.25) is 0 Å². The van der Waals surface area contributed by atoms with E-state index < -0.39 is 11.9 Å². The second-order valence-electron chi connectivity index (χ2n) is 6.44. The number of carbonyl (C=O) groups excluding carboxylic acids is 1. The zero-order valence-electron chi connectivity index (χ0n) is 17.5. The average molecular weight is 438 g/mol. The van der Waals surface area contributed by atoms with E-state index in [1.165, 1.54) is 25.3 Å². The van der Waals surface area contributed by atoms with Crippen LogP contribution in [0.1, 0.15) is 39.2 Å². The standard InChI is InChI=1S/C23H22N2O7/c1-3-30-21-12-15(13-24-25-17-7-5-16(6-8-17)22(26)27)4-10-19(21)31-14-18-9-11-20(32-18)23(28)29-2/h4-13,25H,3,14H2,1-2H3,(H,26,27)/b24-13-. The molecule has 1 aromatic heterocycles. The van der Waals surface area contributed by atoms with E-state index in [-0.39, 0.29) is 17.9 Å². The van der Waals surface area contributed by atoms with Gasteiger partial charge in [-0.15, -0.1) is 0 Å². The molecule has 9 heteroatoms. The van der Waals surface area contributed by atoms with Gasteiger partial charge in [-0.3, -0.25) is 5.43 Å². The molecule has 0 aliphatic carbocycles. The summed E-state index contributed by atoms with van der Waals surface area (Å²) < 4.78 is 21.5. The van der Waals surface area contributed by atoms with Crippen LogP contribution in [0.3, 0.4) is 0 Å². The zero-order chi connectivity index (χ0) is 22.9. The molecule has 0 saturated carbocycles. The third kappa shape index (κ3) is 5.88. The zero-order valence-corrected chi connectivity index (χ0v) is 17.5. The number of hydrazone groups is 1. The molecule has 32 heavy (non-hydrogen) atoms. The molecular formula is C23H22N2O7. The summed E-state index contributed by atoms with van der Waals surface area (Å²) in [6, 6.07) is 14.7. The summed E-state index contributed by atoms with van der Waals surface area (Å²) in [5.74, 6) is 0.0757. The van der Waals surface area contributed by atoms with Gasteiger partial charge < -0.3 is 23.7 Å². The highest BCUT2D eigenvalue weighted by Gasteiger charge is 2.12. The summed E-state index contributed by atoms with van der Waals surface area (Å²) in [5.41, 5.74) is 4.46. The highest BCUT2D eigenvalue weighted by molar-refractivity contribution is 5.88. The minimum Gasteiger partial charge on any atom is -0.490 e. The minimum absolute atomic E-state index is 0.104. The number of ether oxygens (including phenoxy) is 3. The van der Waals surface area contributed by atoms with Gasteiger partial charge in [-0.25, -0.2) is 9.59 Å². The van der Waals surface area contributed by atoms with Crippen LogP contribution >= 0.6 is 0 Å². The minimum atomic E-state index is -0.984. The molecular weight excluding hydrogens is 416 g/mol. The highest BCUT2D eigenvalue weighted by Crippen LogP contribution is 2.29. The number of carboxylic acid groups (broad SMARTS) is 1. The predicted molar refractivity (Wildman–Crippen MR) is 117 cm³/mol. The van der Waals surface area contributed by atoms with E-state index in [1.54, 1.807) is 42.6 Å². The Balaban J connectivity index is 1.64. The molecule has 0 unspecified atom stereocenters. The molecule has 0 saturated heterocycles. The van der Waals surface area contributed by atoms with Crippen molar-refractivity contribution < 1.29 is 33.3 Å². The van der Waals surface area contributed by atoms with E-state index in [0.29, 0.717) is 29.6 Å². The van der Waals surface area contributed by atoms with Crippen LogP contribution in [0.15, 0.2) is 64.1 Å². The molecule has 166 valence electrons. The van der Waals surface area contributed by atoms with Gasteiger partial charge in [0.1, 0.15) is 12.4 Å². The van der Waals surface area contributed by atoms with E-state index in [0.717, 1.165) is 5.56 Å². The van der Waals surface area contributed by atoms with Gasteiger partial charge in [0.25, 0.3) is 0 Å². The van der Waals surface area contributed by atoms with Crippen molar-refractivity contribution in [2.75, 3.05) is 19.1 Å². The lowest BCUT2D eigenvalue weighted by Gasteiger charge is -2.11. The average Bonchev–Trinajstić information content (AvgIpc) is 3.27. The van der Waals surface area contributed by atoms with E-state index in [9.17, 15) is 9.59 Å². The van der Waals surface area contributed by atoms with Crippen molar-refractivity contribution >= 4 is 23.8 Å². The van der Waals surface area contributed by atoms with Gasteiger partial charge in [0.15, 0.2) is 11.5 Å². The number of hydrogen-bond acceptors (Lipinski definition) is 8. The molecule has 0 amide bonds. The van der Waals surface area contributed by atoms with Crippen LogP contribution in [-0.2, 0) is 11.3 Å². The van der Waals surface area contributed by atoms with Gasteiger partial charge >= 0.3 is 11.9 Å². The summed E-state index contributed by atoms with van der Waals surface area (Å²) >= 11 is 0. The van der Waals surface area contributed by atoms with Crippen LogP contribution in [0.25, 0.3) is 0 Å². The number of methoxy groups -OCH3 is 1. The van der Waals surface area contributed by atoms with Crippen molar-refractivity contribution in [3.63, 3.8) is 0 Å². The summed E-state index contributed by atoms with van der Waals surface area (Å²) in [6.07, 6.45) is 1.60. The second-order valence-corrected chi connectivity index (χ2v) is 6.44. The Kier molecular flexibility index (Phi) is 7.47. The van der Waals surface area contributed by atoms with Gasteiger partial charge in [-0.2, -0.15) is 5.10 Å². The summed E-state index contributed by atoms with van der Waals surface area (Å²) in [5, 5.41) is 13.1. The fraction of sp³-hybridized carbons (Fsp3) is 0.174. The Labute approximate surface area is 184 Å². The molecule has 0 aliphatic rings. The van der Waals surface area contributed by atoms with Crippen LogP contribution in [0.5, 0.6) is 11.5 Å². The van der Waals surface area contributed by atoms with Crippen molar-refractivity contribution in [1.82, 2.24) is 0 Å². The Hall–Kier alpha value is -4.27. The maximum Gasteiger partial charge on any atom is 0.373 e. The third-order valence-electron chi connectivity index (χ3n) is 4.22. The Morgan fingerprint density at radius 3 is 2.53 bits per heavy atom. The number of carbonyl (C=O) groups is 2. The molecule has 0 bridgehead atoms. The Bertz CT molecular complexity index is 1100. The Morgan fingerprint density at radius 2 is 1.84 bits per heavy atom. The highest BCUT2D eigenvalue weighted by atomic mass is 16.5. The second kappa shape index (κ2) is 10.7. The lowest BCUT2D eigenvalue weighted by atomic mass is 10.2. The maximum atomic E-state index is 11.5. The molecule has 0 aliphatic heterocycles. The van der Waals surface area contributed by atoms with Gasteiger partial charge in [-0.05, 0) is 67.1 Å². The van der Waals surface area contributed by atoms with Crippen molar-refractivity contribution in [2.45, 2.75) is 13.5 Å². The van der Waals surface area contributed by atoms with Gasteiger partial charge in [0.05, 0.1) is 31.2 Å². The molecule has 3 rings (SSSR count). The smallest absolute Gasteiger partial charge is 0.373 e. The summed E-state index contributed by atoms with van der Waals surface area (Å²) in [4.78, 5) is 22.4. The van der Waals surface area contributed by atoms with Crippen LogP contribution < -0.4 is 14.9 Å². The fourth-order valence-corrected chi connectivity index (χ4v) is 2.68. The van der Waals surface area contributed by atoms with Gasteiger partial charge in [0, 0.05) is 0 Å². The number of furan rings is 1. The first-order valence-electron chi connectivity index (χ1n) is 9.69. The molecule has 9 nitrogen and oxygen atoms in total. The number of aromatic carboxylic acids is 1. The topological polar surface area (TPSA) is 120 Å². The number of hydrogen-bond donors (Lipinski definition) is 2. The molecule has 2 N–H and O–H groups in total. The Morgan fingerprint density at radius 1 is 1.06 bits per heavy atom. The maximum absolute atomic E-state index is 11.5. The van der Waals surface area contributed by atoms with E-state index in [1.807, 2.05) is 6.92 Å². The number of nitrogens with one attached hydrogen (secondary N) is 1. The molecule has 0 fully saturated rings. The van der Waals surface area contributed by atoms with E-state index in [4.69, 9.17) is 19.0 Å². The monoisotopic (exact) mass is 438 g/mol. The van der Waals surface area contributed by atoms with Crippen LogP contribution in [-0.4, -0.2) is 37.0 Å². The molecule has 0 atom stereocenters. The molecule has 2 aromatic carbocycles. The molecule has 1 heterocycles. The number of nitrogens with zero attached hydrogens (tertiary/aromatic N) is 1. The van der Waals surface area contributed by atoms with Crippen molar-refractivity contribution in [1.29, 1.82) is 0 Å². The first-order chi connectivity index (χ1) is 15.5. The van der Waals surface area contributed by atoms with E-state index in [2.05, 4.69) is 15.3 Å². The fourth-order valence-electron chi connectivity index (χ4n) is 2.68. The number of benzene rings is 2. The quantitative estimate of drug-likeness (QED) is 0.275. The number of carboxylic acids is 1. The van der Waals surface area contributed by atoms with E-state index >= 15 is 0 Å². The predicted octanol–water partition coefficient (Wildman–Crippen LogP) is 4.19. The van der Waals surface area contributed by atoms with Gasteiger partial charge in [-0.1, -0.05) is 0 Å². The molecule has 0 radical (unpaired) electrons.